The molecule has 0 saturated carbocycles. The molecule has 1 amide bonds. The Morgan fingerprint density at radius 3 is 2.81 bits per heavy atom. The molecule has 2 aliphatic heterocycles. The zero-order valence-corrected chi connectivity index (χ0v) is 15.1. The van der Waals surface area contributed by atoms with Gasteiger partial charge in [0.05, 0.1) is 6.54 Å². The van der Waals surface area contributed by atoms with E-state index >= 15 is 0 Å². The highest BCUT2D eigenvalue weighted by Crippen LogP contribution is 2.40. The molecule has 13 nitrogen and oxygen atoms in total. The Morgan fingerprint density at radius 1 is 1.44 bits per heavy atom. The van der Waals surface area contributed by atoms with Crippen molar-refractivity contribution in [2.45, 2.75) is 29.2 Å². The molecule has 2 unspecified atom stereocenters. The minimum absolute atomic E-state index is 0.102. The van der Waals surface area contributed by atoms with E-state index in [9.17, 15) is 24.4 Å². The summed E-state index contributed by atoms with van der Waals surface area (Å²) in [5.74, 6) is -2.56. The second-order valence-corrected chi connectivity index (χ2v) is 7.63. The average molecular weight is 415 g/mol. The molecule has 3 heterocycles. The number of nitroso groups, excluding NO2 is 1. The van der Waals surface area contributed by atoms with Crippen LogP contribution in [0.25, 0.3) is 0 Å². The fourth-order valence-corrected chi connectivity index (χ4v) is 4.90. The van der Waals surface area contributed by atoms with E-state index in [1.165, 1.54) is 16.7 Å². The molecule has 3 atom stereocenters. The van der Waals surface area contributed by atoms with E-state index in [-0.39, 0.29) is 23.2 Å². The Hall–Kier alpha value is -2.52. The number of carboxylic acids is 2. The molecule has 0 aromatic carbocycles. The van der Waals surface area contributed by atoms with Crippen LogP contribution in [0.3, 0.4) is 0 Å². The number of carboxylic acid groups (broad SMARTS) is 2. The van der Waals surface area contributed by atoms with Crippen LogP contribution >= 0.6 is 23.5 Å². The normalized spacial score (nSPS) is 22.9. The van der Waals surface area contributed by atoms with Crippen LogP contribution in [0.15, 0.2) is 21.6 Å². The number of rotatable bonds is 8. The topological polar surface area (TPSA) is 194 Å². The second kappa shape index (κ2) is 7.61. The molecular weight excluding hydrogens is 402 g/mol. The van der Waals surface area contributed by atoms with Crippen LogP contribution in [0.1, 0.15) is 0 Å². The van der Waals surface area contributed by atoms with Gasteiger partial charge in [0, 0.05) is 11.5 Å². The lowest BCUT2D eigenvalue weighted by Crippen LogP contribution is -2.68. The zero-order valence-electron chi connectivity index (χ0n) is 13.5. The molecule has 1 fully saturated rings. The van der Waals surface area contributed by atoms with Gasteiger partial charge in [0.1, 0.15) is 17.1 Å². The third-order valence-electron chi connectivity index (χ3n) is 3.92. The third kappa shape index (κ3) is 3.52. The molecule has 144 valence electrons. The van der Waals surface area contributed by atoms with Gasteiger partial charge in [-0.1, -0.05) is 16.9 Å². The number of hydrogen-bond acceptors (Lipinski definition) is 11. The molecule has 0 aliphatic carbocycles. The molecule has 15 heteroatoms. The molecule has 3 rings (SSSR count). The largest absolute Gasteiger partial charge is 0.480 e. The lowest BCUT2D eigenvalue weighted by molar-refractivity contribution is -0.147. The van der Waals surface area contributed by atoms with Gasteiger partial charge in [-0.25, -0.2) is 14.3 Å². The Kier molecular flexibility index (Phi) is 5.43. The van der Waals surface area contributed by atoms with Gasteiger partial charge in [0.25, 0.3) is 0 Å². The van der Waals surface area contributed by atoms with Crippen molar-refractivity contribution in [1.82, 2.24) is 25.1 Å². The summed E-state index contributed by atoms with van der Waals surface area (Å²) in [7, 11) is 0. The summed E-state index contributed by atoms with van der Waals surface area (Å²) in [5.41, 5.74) is 6.08. The lowest BCUT2D eigenvalue weighted by Gasteiger charge is -2.48. The Bertz CT molecular complexity index is 842. The predicted molar refractivity (Wildman–Crippen MR) is 91.5 cm³/mol. The van der Waals surface area contributed by atoms with Crippen LogP contribution in [-0.2, 0) is 20.9 Å². The van der Waals surface area contributed by atoms with Gasteiger partial charge in [-0.15, -0.1) is 21.8 Å². The predicted octanol–water partition coefficient (Wildman–Crippen LogP) is -1.43. The molecule has 4 N–H and O–H groups in total. The number of nitrogens with zero attached hydrogens (tertiary/aromatic N) is 6. The summed E-state index contributed by atoms with van der Waals surface area (Å²) in [6.45, 7) is -0.352. The van der Waals surface area contributed by atoms with E-state index in [2.05, 4.69) is 20.7 Å². The fourth-order valence-electron chi connectivity index (χ4n) is 2.58. The van der Waals surface area contributed by atoms with Gasteiger partial charge >= 0.3 is 11.9 Å². The average Bonchev–Trinajstić information content (AvgIpc) is 3.09. The standard InChI is InChI=1S/C12H13N7O6S2/c13-6-8(20)19-7(11(23)24)4(2-26-9(6)19)3-27-12-14-16-17-18(12)1-5(15-25)10(21)22/h5-6,9H,1-3,13H2,(H,21,22)(H,23,24)/t5?,6?,9-/m0/s1. The Labute approximate surface area is 159 Å². The van der Waals surface area contributed by atoms with Crippen LogP contribution in [0.5, 0.6) is 0 Å². The maximum Gasteiger partial charge on any atom is 0.352 e. The van der Waals surface area contributed by atoms with Gasteiger partial charge in [0.15, 0.2) is 0 Å². The van der Waals surface area contributed by atoms with E-state index in [4.69, 9.17) is 10.8 Å². The minimum Gasteiger partial charge on any atom is -0.480 e. The summed E-state index contributed by atoms with van der Waals surface area (Å²) in [4.78, 5) is 46.2. The van der Waals surface area contributed by atoms with E-state index < -0.39 is 35.3 Å². The first-order valence-electron chi connectivity index (χ1n) is 7.45. The summed E-state index contributed by atoms with van der Waals surface area (Å²) in [5, 5.41) is 31.5. The van der Waals surface area contributed by atoms with Crippen LogP contribution in [0.2, 0.25) is 0 Å². The molecule has 0 radical (unpaired) electrons. The monoisotopic (exact) mass is 415 g/mol. The van der Waals surface area contributed by atoms with E-state index in [0.29, 0.717) is 11.3 Å². The maximum atomic E-state index is 11.9. The molecule has 0 spiro atoms. The summed E-state index contributed by atoms with van der Waals surface area (Å²) in [6.07, 6.45) is 0. The quantitative estimate of drug-likeness (QED) is 0.255. The number of hydrogen-bond donors (Lipinski definition) is 3. The van der Waals surface area contributed by atoms with Crippen molar-refractivity contribution in [1.29, 1.82) is 0 Å². The van der Waals surface area contributed by atoms with Crippen molar-refractivity contribution in [2.24, 2.45) is 10.9 Å². The molecule has 0 bridgehead atoms. The summed E-state index contributed by atoms with van der Waals surface area (Å²) in [6, 6.07) is -2.26. The Balaban J connectivity index is 1.76. The first-order chi connectivity index (χ1) is 12.8. The van der Waals surface area contributed by atoms with E-state index in [0.717, 1.165) is 16.4 Å². The molecular formula is C12H13N7O6S2. The second-order valence-electron chi connectivity index (χ2n) is 5.58. The van der Waals surface area contributed by atoms with Gasteiger partial charge in [-0.05, 0) is 16.0 Å². The van der Waals surface area contributed by atoms with Crippen molar-refractivity contribution in [3.8, 4) is 0 Å². The molecule has 1 aromatic heterocycles. The zero-order chi connectivity index (χ0) is 19.7. The smallest absolute Gasteiger partial charge is 0.352 e. The molecule has 1 saturated heterocycles. The van der Waals surface area contributed by atoms with Crippen LogP contribution in [0, 0.1) is 4.91 Å². The highest BCUT2D eigenvalue weighted by atomic mass is 32.2. The number of amides is 1. The van der Waals surface area contributed by atoms with Crippen molar-refractivity contribution in [3.05, 3.63) is 16.2 Å². The molecule has 2 aliphatic rings. The Morgan fingerprint density at radius 2 is 2.19 bits per heavy atom. The third-order valence-corrected chi connectivity index (χ3v) is 6.33. The van der Waals surface area contributed by atoms with Crippen LogP contribution in [0.4, 0.5) is 0 Å². The first kappa shape index (κ1) is 19.2. The number of carbonyl (C=O) groups excluding carboxylic acids is 1. The molecule has 1 aromatic rings. The number of carbonyl (C=O) groups is 3. The lowest BCUT2D eigenvalue weighted by atomic mass is 10.0. The number of aromatic nitrogens is 4. The van der Waals surface area contributed by atoms with Gasteiger partial charge < -0.3 is 15.9 Å². The number of β-lactam (4-membered cyclic amide) rings is 1. The van der Waals surface area contributed by atoms with Crippen molar-refractivity contribution >= 4 is 41.4 Å². The number of aliphatic carboxylic acids is 2. The van der Waals surface area contributed by atoms with Crippen molar-refractivity contribution in [3.63, 3.8) is 0 Å². The fraction of sp³-hybridized carbons (Fsp3) is 0.500. The SMILES string of the molecule is NC1C(=O)N2C(C(=O)O)=C(CSc3nnnn3CC(N=O)C(=O)O)CS[C@@H]12. The van der Waals surface area contributed by atoms with Crippen molar-refractivity contribution in [2.75, 3.05) is 11.5 Å². The maximum absolute atomic E-state index is 11.9. The summed E-state index contributed by atoms with van der Waals surface area (Å²) < 4.78 is 1.11. The van der Waals surface area contributed by atoms with E-state index in [1.54, 1.807) is 0 Å². The minimum atomic E-state index is -1.55. The van der Waals surface area contributed by atoms with Gasteiger partial charge in [-0.2, -0.15) is 0 Å². The van der Waals surface area contributed by atoms with Crippen LogP contribution in [-0.4, -0.2) is 82.1 Å². The number of nitrogens with two attached hydrogens (primary N) is 1. The highest BCUT2D eigenvalue weighted by molar-refractivity contribution is 8.01. The summed E-state index contributed by atoms with van der Waals surface area (Å²) >= 11 is 2.43. The highest BCUT2D eigenvalue weighted by Gasteiger charge is 2.51. The van der Waals surface area contributed by atoms with Gasteiger partial charge in [-0.3, -0.25) is 9.69 Å². The van der Waals surface area contributed by atoms with Crippen molar-refractivity contribution < 1.29 is 24.6 Å². The van der Waals surface area contributed by atoms with Crippen LogP contribution < -0.4 is 5.73 Å². The van der Waals surface area contributed by atoms with E-state index in [1.807, 2.05) is 0 Å². The first-order valence-corrected chi connectivity index (χ1v) is 9.48. The molecule has 27 heavy (non-hydrogen) atoms. The number of tetrazole rings is 1. The number of fused-ring (bicyclic) bond motifs is 1. The van der Waals surface area contributed by atoms with Gasteiger partial charge in [0.2, 0.25) is 17.1 Å². The number of thioether (sulfide) groups is 2.